The number of hydrogen-bond acceptors (Lipinski definition) is 2. The van der Waals surface area contributed by atoms with E-state index in [-0.39, 0.29) is 0 Å². The zero-order valence-electron chi connectivity index (χ0n) is 12.8. The predicted molar refractivity (Wildman–Crippen MR) is 101 cm³/mol. The molecule has 0 bridgehead atoms. The van der Waals surface area contributed by atoms with Crippen LogP contribution in [-0.2, 0) is 6.54 Å². The van der Waals surface area contributed by atoms with Gasteiger partial charge < -0.3 is 10.2 Å². The normalized spacial score (nSPS) is 14.8. The third-order valence-electron chi connectivity index (χ3n) is 4.14. The minimum atomic E-state index is 0.634. The van der Waals surface area contributed by atoms with Crippen molar-refractivity contribution in [2.24, 2.45) is 0 Å². The fourth-order valence-corrected chi connectivity index (χ4v) is 3.65. The molecule has 23 heavy (non-hydrogen) atoms. The summed E-state index contributed by atoms with van der Waals surface area (Å²) in [6, 6.07) is 11.7. The van der Waals surface area contributed by atoms with E-state index in [1.165, 1.54) is 19.3 Å². The predicted octanol–water partition coefficient (Wildman–Crippen LogP) is 6.25. The molecule has 0 aromatic heterocycles. The van der Waals surface area contributed by atoms with Crippen LogP contribution in [0.1, 0.15) is 24.8 Å². The molecule has 2 aromatic rings. The van der Waals surface area contributed by atoms with Crippen molar-refractivity contribution in [2.45, 2.75) is 25.8 Å². The van der Waals surface area contributed by atoms with E-state index in [1.54, 1.807) is 6.07 Å². The standard InChI is InChI=1S/C18H19Cl3N2/c19-14-5-4-13(16(20)10-14)12-22-15-6-7-18(17(21)11-15)23-8-2-1-3-9-23/h4-7,10-11,22H,1-3,8-9,12H2. The number of piperidine rings is 1. The molecule has 5 heteroatoms. The molecule has 0 amide bonds. The SMILES string of the molecule is Clc1ccc(CNc2ccc(N3CCCCC3)c(Cl)c2)c(Cl)c1. The fraction of sp³-hybridized carbons (Fsp3) is 0.333. The Morgan fingerprint density at radius 1 is 0.870 bits per heavy atom. The van der Waals surface area contributed by atoms with E-state index >= 15 is 0 Å². The van der Waals surface area contributed by atoms with Crippen LogP contribution in [0, 0.1) is 0 Å². The lowest BCUT2D eigenvalue weighted by atomic mass is 10.1. The summed E-state index contributed by atoms with van der Waals surface area (Å²) in [4.78, 5) is 2.37. The van der Waals surface area contributed by atoms with E-state index in [2.05, 4.69) is 22.3 Å². The number of nitrogens with one attached hydrogen (secondary N) is 1. The molecule has 2 aromatic carbocycles. The van der Waals surface area contributed by atoms with Gasteiger partial charge in [-0.25, -0.2) is 0 Å². The Bertz CT molecular complexity index is 682. The Morgan fingerprint density at radius 2 is 1.65 bits per heavy atom. The molecule has 0 saturated carbocycles. The third-order valence-corrected chi connectivity index (χ3v) is 5.03. The summed E-state index contributed by atoms with van der Waals surface area (Å²) < 4.78 is 0. The van der Waals surface area contributed by atoms with Gasteiger partial charge in [0.25, 0.3) is 0 Å². The van der Waals surface area contributed by atoms with Gasteiger partial charge in [-0.15, -0.1) is 0 Å². The molecule has 1 saturated heterocycles. The Labute approximate surface area is 152 Å². The molecule has 0 spiro atoms. The summed E-state index contributed by atoms with van der Waals surface area (Å²) in [6.07, 6.45) is 3.80. The monoisotopic (exact) mass is 368 g/mol. The van der Waals surface area contributed by atoms with E-state index < -0.39 is 0 Å². The molecule has 2 nitrogen and oxygen atoms in total. The Balaban J connectivity index is 1.68. The second-order valence-electron chi connectivity index (χ2n) is 5.80. The van der Waals surface area contributed by atoms with Crippen molar-refractivity contribution in [1.82, 2.24) is 0 Å². The minimum Gasteiger partial charge on any atom is -0.381 e. The molecule has 1 aliphatic heterocycles. The summed E-state index contributed by atoms with van der Waals surface area (Å²) in [5.41, 5.74) is 3.12. The van der Waals surface area contributed by atoms with Crippen LogP contribution in [0.5, 0.6) is 0 Å². The molecule has 1 N–H and O–H groups in total. The average Bonchev–Trinajstić information content (AvgIpc) is 2.55. The first-order chi connectivity index (χ1) is 11.1. The first kappa shape index (κ1) is 16.8. The van der Waals surface area contributed by atoms with Crippen LogP contribution in [0.4, 0.5) is 11.4 Å². The van der Waals surface area contributed by atoms with Crippen LogP contribution in [0.2, 0.25) is 15.1 Å². The molecule has 0 aliphatic carbocycles. The van der Waals surface area contributed by atoms with Crippen LogP contribution in [0.15, 0.2) is 36.4 Å². The second-order valence-corrected chi connectivity index (χ2v) is 7.05. The van der Waals surface area contributed by atoms with Crippen molar-refractivity contribution in [3.05, 3.63) is 57.0 Å². The highest BCUT2D eigenvalue weighted by Crippen LogP contribution is 2.31. The van der Waals surface area contributed by atoms with Gasteiger partial charge in [0.2, 0.25) is 0 Å². The summed E-state index contributed by atoms with van der Waals surface area (Å²) in [6.45, 7) is 2.81. The molecular weight excluding hydrogens is 351 g/mol. The highest BCUT2D eigenvalue weighted by atomic mass is 35.5. The molecule has 1 aliphatic rings. The van der Waals surface area contributed by atoms with Gasteiger partial charge in [-0.3, -0.25) is 0 Å². The molecule has 0 unspecified atom stereocenters. The van der Waals surface area contributed by atoms with Crippen LogP contribution in [-0.4, -0.2) is 13.1 Å². The van der Waals surface area contributed by atoms with Gasteiger partial charge in [0.05, 0.1) is 10.7 Å². The number of hydrogen-bond donors (Lipinski definition) is 1. The number of nitrogens with zero attached hydrogens (tertiary/aromatic N) is 1. The first-order valence-corrected chi connectivity index (χ1v) is 8.99. The molecule has 1 fully saturated rings. The second kappa shape index (κ2) is 7.65. The largest absolute Gasteiger partial charge is 0.381 e. The quantitative estimate of drug-likeness (QED) is 0.685. The molecule has 3 rings (SSSR count). The zero-order chi connectivity index (χ0) is 16.2. The smallest absolute Gasteiger partial charge is 0.0660 e. The van der Waals surface area contributed by atoms with E-state index in [0.717, 1.165) is 35.1 Å². The van der Waals surface area contributed by atoms with E-state index in [1.807, 2.05) is 18.2 Å². The van der Waals surface area contributed by atoms with E-state index in [9.17, 15) is 0 Å². The van der Waals surface area contributed by atoms with Gasteiger partial charge in [0.1, 0.15) is 0 Å². The minimum absolute atomic E-state index is 0.634. The number of halogens is 3. The maximum atomic E-state index is 6.47. The number of benzene rings is 2. The summed E-state index contributed by atoms with van der Waals surface area (Å²) in [5, 5.41) is 5.47. The van der Waals surface area contributed by atoms with Crippen molar-refractivity contribution < 1.29 is 0 Å². The van der Waals surface area contributed by atoms with Gasteiger partial charge in [-0.05, 0) is 55.2 Å². The lowest BCUT2D eigenvalue weighted by Gasteiger charge is -2.29. The van der Waals surface area contributed by atoms with Crippen molar-refractivity contribution in [3.63, 3.8) is 0 Å². The summed E-state index contributed by atoms with van der Waals surface area (Å²) in [5.74, 6) is 0. The van der Waals surface area contributed by atoms with Crippen molar-refractivity contribution in [3.8, 4) is 0 Å². The Hall–Kier alpha value is -1.09. The maximum absolute atomic E-state index is 6.47. The van der Waals surface area contributed by atoms with Crippen molar-refractivity contribution in [1.29, 1.82) is 0 Å². The van der Waals surface area contributed by atoms with Gasteiger partial charge >= 0.3 is 0 Å². The fourth-order valence-electron chi connectivity index (χ4n) is 2.87. The first-order valence-electron chi connectivity index (χ1n) is 7.86. The highest BCUT2D eigenvalue weighted by Gasteiger charge is 2.14. The third kappa shape index (κ3) is 4.26. The lowest BCUT2D eigenvalue weighted by molar-refractivity contribution is 0.578. The molecule has 0 radical (unpaired) electrons. The number of rotatable bonds is 4. The van der Waals surface area contributed by atoms with E-state index in [4.69, 9.17) is 34.8 Å². The van der Waals surface area contributed by atoms with Crippen LogP contribution in [0.3, 0.4) is 0 Å². The average molecular weight is 370 g/mol. The van der Waals surface area contributed by atoms with Gasteiger partial charge in [0, 0.05) is 35.4 Å². The van der Waals surface area contributed by atoms with Crippen LogP contribution < -0.4 is 10.2 Å². The Kier molecular flexibility index (Phi) is 5.58. The zero-order valence-corrected chi connectivity index (χ0v) is 15.1. The number of anilines is 2. The highest BCUT2D eigenvalue weighted by molar-refractivity contribution is 6.35. The molecular formula is C18H19Cl3N2. The van der Waals surface area contributed by atoms with Gasteiger partial charge in [0.15, 0.2) is 0 Å². The summed E-state index contributed by atoms with van der Waals surface area (Å²) >= 11 is 18.6. The van der Waals surface area contributed by atoms with E-state index in [0.29, 0.717) is 16.6 Å². The van der Waals surface area contributed by atoms with Crippen LogP contribution in [0.25, 0.3) is 0 Å². The molecule has 0 atom stereocenters. The van der Waals surface area contributed by atoms with Crippen molar-refractivity contribution in [2.75, 3.05) is 23.3 Å². The van der Waals surface area contributed by atoms with Crippen molar-refractivity contribution >= 4 is 46.2 Å². The van der Waals surface area contributed by atoms with Crippen LogP contribution >= 0.6 is 34.8 Å². The molecule has 1 heterocycles. The topological polar surface area (TPSA) is 15.3 Å². The maximum Gasteiger partial charge on any atom is 0.0660 e. The Morgan fingerprint density at radius 3 is 2.35 bits per heavy atom. The molecule has 122 valence electrons. The summed E-state index contributed by atoms with van der Waals surface area (Å²) in [7, 11) is 0. The lowest BCUT2D eigenvalue weighted by Crippen LogP contribution is -2.29. The van der Waals surface area contributed by atoms with Gasteiger partial charge in [-0.2, -0.15) is 0 Å². The van der Waals surface area contributed by atoms with Gasteiger partial charge in [-0.1, -0.05) is 40.9 Å².